The molecule has 1 heterocycles. The van der Waals surface area contributed by atoms with Gasteiger partial charge in [-0.15, -0.1) is 0 Å². The number of nitrogens with zero attached hydrogens (tertiary/aromatic N) is 2. The van der Waals surface area contributed by atoms with Crippen LogP contribution < -0.4 is 10.6 Å². The molecule has 1 aliphatic carbocycles. The molecule has 0 spiro atoms. The van der Waals surface area contributed by atoms with E-state index in [0.717, 1.165) is 29.7 Å². The number of rotatable bonds is 7. The summed E-state index contributed by atoms with van der Waals surface area (Å²) in [6.45, 7) is 4.91. The van der Waals surface area contributed by atoms with Crippen LogP contribution in [0.4, 0.5) is 0 Å². The fourth-order valence-corrected chi connectivity index (χ4v) is 3.30. The smallest absolute Gasteiger partial charge is 0.255 e. The summed E-state index contributed by atoms with van der Waals surface area (Å²) in [7, 11) is 0. The minimum Gasteiger partial charge on any atom is -0.354 e. The number of para-hydroxylation sites is 1. The lowest BCUT2D eigenvalue weighted by atomic mass is 10.0. The third-order valence-electron chi connectivity index (χ3n) is 5.42. The summed E-state index contributed by atoms with van der Waals surface area (Å²) in [5.74, 6) is 0.0456. The summed E-state index contributed by atoms with van der Waals surface area (Å²) in [5.41, 5.74) is 5.28. The number of hydrogen-bond acceptors (Lipinski definition) is 3. The molecule has 1 aliphatic rings. The van der Waals surface area contributed by atoms with E-state index in [9.17, 15) is 9.59 Å². The molecule has 0 saturated heterocycles. The summed E-state index contributed by atoms with van der Waals surface area (Å²) < 4.78 is 1.73. The van der Waals surface area contributed by atoms with Crippen LogP contribution in [0.1, 0.15) is 34.3 Å². The second-order valence-electron chi connectivity index (χ2n) is 7.79. The standard InChI is InChI=1S/C24H26N4O2/c1-16-8-9-19(14-17(16)2)22-21(15-28(27-22)20-6-4-3-5-7-20)24(30)26-13-12-25-23(29)18-10-11-18/h3-9,14-15,18H,10-13H2,1-2H3,(H,25,29)(H,26,30). The Morgan fingerprint density at radius 2 is 1.73 bits per heavy atom. The molecule has 6 nitrogen and oxygen atoms in total. The average molecular weight is 402 g/mol. The van der Waals surface area contributed by atoms with Crippen LogP contribution in [-0.2, 0) is 4.79 Å². The van der Waals surface area contributed by atoms with Crippen LogP contribution in [0.15, 0.2) is 54.7 Å². The van der Waals surface area contributed by atoms with E-state index in [1.165, 1.54) is 5.56 Å². The Labute approximate surface area is 176 Å². The summed E-state index contributed by atoms with van der Waals surface area (Å²) in [6, 6.07) is 15.8. The number of carbonyl (C=O) groups is 2. The fraction of sp³-hybridized carbons (Fsp3) is 0.292. The number of aromatic nitrogens is 2. The summed E-state index contributed by atoms with van der Waals surface area (Å²) in [5, 5.41) is 10.5. The Morgan fingerprint density at radius 3 is 2.43 bits per heavy atom. The second kappa shape index (κ2) is 8.53. The van der Waals surface area contributed by atoms with Crippen molar-refractivity contribution in [1.29, 1.82) is 0 Å². The molecule has 0 bridgehead atoms. The van der Waals surface area contributed by atoms with Gasteiger partial charge in [-0.05, 0) is 56.0 Å². The maximum Gasteiger partial charge on any atom is 0.255 e. The van der Waals surface area contributed by atoms with Crippen LogP contribution >= 0.6 is 0 Å². The largest absolute Gasteiger partial charge is 0.354 e. The van der Waals surface area contributed by atoms with Gasteiger partial charge in [-0.25, -0.2) is 4.68 Å². The SMILES string of the molecule is Cc1ccc(-c2nn(-c3ccccc3)cc2C(=O)NCCNC(=O)C2CC2)cc1C. The van der Waals surface area contributed by atoms with Gasteiger partial charge in [0, 0.05) is 30.8 Å². The molecule has 154 valence electrons. The van der Waals surface area contributed by atoms with E-state index in [2.05, 4.69) is 30.5 Å². The predicted octanol–water partition coefficient (Wildman–Crippen LogP) is 3.41. The van der Waals surface area contributed by atoms with Crippen molar-refractivity contribution in [2.45, 2.75) is 26.7 Å². The lowest BCUT2D eigenvalue weighted by Crippen LogP contribution is -2.35. The zero-order valence-corrected chi connectivity index (χ0v) is 17.3. The van der Waals surface area contributed by atoms with Crippen molar-refractivity contribution in [3.05, 3.63) is 71.4 Å². The molecule has 0 aliphatic heterocycles. The van der Waals surface area contributed by atoms with Crippen molar-refractivity contribution in [1.82, 2.24) is 20.4 Å². The molecule has 0 atom stereocenters. The number of nitrogens with one attached hydrogen (secondary N) is 2. The van der Waals surface area contributed by atoms with Gasteiger partial charge in [0.25, 0.3) is 5.91 Å². The van der Waals surface area contributed by atoms with Gasteiger partial charge in [0.1, 0.15) is 5.69 Å². The lowest BCUT2D eigenvalue weighted by Gasteiger charge is -2.08. The zero-order valence-electron chi connectivity index (χ0n) is 17.3. The van der Waals surface area contributed by atoms with Crippen LogP contribution in [-0.4, -0.2) is 34.7 Å². The van der Waals surface area contributed by atoms with Gasteiger partial charge in [-0.1, -0.05) is 30.3 Å². The van der Waals surface area contributed by atoms with Crippen molar-refractivity contribution >= 4 is 11.8 Å². The Kier molecular flexibility index (Phi) is 5.65. The van der Waals surface area contributed by atoms with Gasteiger partial charge in [0.2, 0.25) is 5.91 Å². The third-order valence-corrected chi connectivity index (χ3v) is 5.42. The molecule has 2 amide bonds. The average Bonchev–Trinajstić information content (AvgIpc) is 3.52. The van der Waals surface area contributed by atoms with Crippen LogP contribution in [0.5, 0.6) is 0 Å². The van der Waals surface area contributed by atoms with Crippen LogP contribution in [0.3, 0.4) is 0 Å². The Balaban J connectivity index is 1.56. The topological polar surface area (TPSA) is 76.0 Å². The quantitative estimate of drug-likeness (QED) is 0.595. The summed E-state index contributed by atoms with van der Waals surface area (Å²) in [6.07, 6.45) is 3.70. The predicted molar refractivity (Wildman–Crippen MR) is 117 cm³/mol. The van der Waals surface area contributed by atoms with Gasteiger partial charge in [-0.2, -0.15) is 5.10 Å². The van der Waals surface area contributed by atoms with E-state index in [-0.39, 0.29) is 17.7 Å². The molecule has 1 fully saturated rings. The normalized spacial score (nSPS) is 13.1. The molecule has 2 aromatic carbocycles. The molecule has 4 rings (SSSR count). The monoisotopic (exact) mass is 402 g/mol. The molecule has 2 N–H and O–H groups in total. The minimum absolute atomic E-state index is 0.0805. The zero-order chi connectivity index (χ0) is 21.1. The van der Waals surface area contributed by atoms with E-state index in [1.54, 1.807) is 10.9 Å². The molecular weight excluding hydrogens is 376 g/mol. The van der Waals surface area contributed by atoms with E-state index in [1.807, 2.05) is 42.5 Å². The number of amides is 2. The van der Waals surface area contributed by atoms with Gasteiger partial charge in [-0.3, -0.25) is 9.59 Å². The number of benzene rings is 2. The van der Waals surface area contributed by atoms with Crippen LogP contribution in [0.2, 0.25) is 0 Å². The Bertz CT molecular complexity index is 1070. The Morgan fingerprint density at radius 1 is 1.00 bits per heavy atom. The Hall–Kier alpha value is -3.41. The molecule has 30 heavy (non-hydrogen) atoms. The highest BCUT2D eigenvalue weighted by Crippen LogP contribution is 2.28. The van der Waals surface area contributed by atoms with E-state index in [4.69, 9.17) is 5.10 Å². The van der Waals surface area contributed by atoms with E-state index < -0.39 is 0 Å². The molecule has 1 aromatic heterocycles. The van der Waals surface area contributed by atoms with Crippen molar-refractivity contribution in [2.24, 2.45) is 5.92 Å². The van der Waals surface area contributed by atoms with Crippen LogP contribution in [0, 0.1) is 19.8 Å². The highest BCUT2D eigenvalue weighted by atomic mass is 16.2. The van der Waals surface area contributed by atoms with Crippen molar-refractivity contribution in [3.63, 3.8) is 0 Å². The van der Waals surface area contributed by atoms with Gasteiger partial charge < -0.3 is 10.6 Å². The van der Waals surface area contributed by atoms with E-state index in [0.29, 0.717) is 24.3 Å². The first-order chi connectivity index (χ1) is 14.5. The molecule has 0 unspecified atom stereocenters. The fourth-order valence-electron chi connectivity index (χ4n) is 3.30. The summed E-state index contributed by atoms with van der Waals surface area (Å²) in [4.78, 5) is 24.7. The molecule has 6 heteroatoms. The first-order valence-corrected chi connectivity index (χ1v) is 10.3. The molecule has 3 aromatic rings. The highest BCUT2D eigenvalue weighted by Gasteiger charge is 2.29. The first kappa shape index (κ1) is 19.9. The van der Waals surface area contributed by atoms with E-state index >= 15 is 0 Å². The lowest BCUT2D eigenvalue weighted by molar-refractivity contribution is -0.122. The van der Waals surface area contributed by atoms with Crippen LogP contribution in [0.25, 0.3) is 16.9 Å². The molecule has 0 radical (unpaired) electrons. The van der Waals surface area contributed by atoms with Gasteiger partial charge in [0.15, 0.2) is 0 Å². The van der Waals surface area contributed by atoms with Crippen molar-refractivity contribution in [3.8, 4) is 16.9 Å². The number of carbonyl (C=O) groups excluding carboxylic acids is 2. The molecular formula is C24H26N4O2. The number of hydrogen-bond donors (Lipinski definition) is 2. The van der Waals surface area contributed by atoms with Crippen molar-refractivity contribution < 1.29 is 9.59 Å². The highest BCUT2D eigenvalue weighted by molar-refractivity contribution is 6.00. The second-order valence-corrected chi connectivity index (χ2v) is 7.79. The van der Waals surface area contributed by atoms with Gasteiger partial charge in [0.05, 0.1) is 11.3 Å². The van der Waals surface area contributed by atoms with Crippen molar-refractivity contribution in [2.75, 3.05) is 13.1 Å². The maximum absolute atomic E-state index is 12.9. The third kappa shape index (κ3) is 4.43. The minimum atomic E-state index is -0.203. The molecule has 1 saturated carbocycles. The van der Waals surface area contributed by atoms with Gasteiger partial charge >= 0.3 is 0 Å². The summed E-state index contributed by atoms with van der Waals surface area (Å²) >= 11 is 0. The number of aryl methyl sites for hydroxylation is 2. The maximum atomic E-state index is 12.9. The first-order valence-electron chi connectivity index (χ1n) is 10.3.